The summed E-state index contributed by atoms with van der Waals surface area (Å²) in [5.41, 5.74) is 0.538. The summed E-state index contributed by atoms with van der Waals surface area (Å²) >= 11 is 0. The van der Waals surface area contributed by atoms with Gasteiger partial charge in [0.25, 0.3) is 0 Å². The number of hydrogen-bond acceptors (Lipinski definition) is 4. The summed E-state index contributed by atoms with van der Waals surface area (Å²) in [6.07, 6.45) is -3.73. The van der Waals surface area contributed by atoms with Gasteiger partial charge in [-0.3, -0.25) is 4.98 Å². The molecule has 0 amide bonds. The lowest BCUT2D eigenvalue weighted by Crippen LogP contribution is -2.42. The molecule has 4 rings (SSSR count). The highest BCUT2D eigenvalue weighted by Crippen LogP contribution is 2.37. The molecular formula is C25H18F6N4O2S. The van der Waals surface area contributed by atoms with E-state index in [1.54, 1.807) is 6.92 Å². The Morgan fingerprint density at radius 2 is 1.76 bits per heavy atom. The van der Waals surface area contributed by atoms with E-state index in [1.807, 2.05) is 6.07 Å². The third kappa shape index (κ3) is 4.84. The van der Waals surface area contributed by atoms with E-state index in [4.69, 9.17) is 0 Å². The van der Waals surface area contributed by atoms with Gasteiger partial charge in [-0.1, -0.05) is 6.92 Å². The van der Waals surface area contributed by atoms with Crippen LogP contribution in [0.3, 0.4) is 0 Å². The van der Waals surface area contributed by atoms with Crippen molar-refractivity contribution in [3.63, 3.8) is 0 Å². The molecule has 2 heterocycles. The van der Waals surface area contributed by atoms with E-state index >= 15 is 0 Å². The van der Waals surface area contributed by atoms with E-state index in [-0.39, 0.29) is 45.5 Å². The Morgan fingerprint density at radius 1 is 1.05 bits per heavy atom. The van der Waals surface area contributed by atoms with Crippen molar-refractivity contribution in [2.24, 2.45) is 0 Å². The second-order valence-electron chi connectivity index (χ2n) is 8.35. The predicted octanol–water partition coefficient (Wildman–Crippen LogP) is 5.77. The van der Waals surface area contributed by atoms with Gasteiger partial charge in [0, 0.05) is 23.3 Å². The first kappa shape index (κ1) is 27.2. The van der Waals surface area contributed by atoms with Gasteiger partial charge >= 0.3 is 6.18 Å². The number of halogens is 6. The Hall–Kier alpha value is -3.89. The van der Waals surface area contributed by atoms with Gasteiger partial charge in [-0.05, 0) is 55.3 Å². The van der Waals surface area contributed by atoms with Crippen molar-refractivity contribution in [2.45, 2.75) is 37.4 Å². The topological polar surface area (TPSA) is 87.8 Å². The lowest BCUT2D eigenvalue weighted by atomic mass is 10.1. The number of rotatable bonds is 6. The van der Waals surface area contributed by atoms with E-state index in [2.05, 4.69) is 4.98 Å². The molecule has 1 unspecified atom stereocenters. The zero-order valence-corrected chi connectivity index (χ0v) is 20.6. The Labute approximate surface area is 213 Å². The van der Waals surface area contributed by atoms with E-state index in [0.29, 0.717) is 6.92 Å². The van der Waals surface area contributed by atoms with Gasteiger partial charge in [-0.25, -0.2) is 21.6 Å². The molecule has 0 fully saturated rings. The van der Waals surface area contributed by atoms with Crippen LogP contribution < -0.4 is 4.72 Å². The van der Waals surface area contributed by atoms with E-state index < -0.39 is 44.6 Å². The Kier molecular flexibility index (Phi) is 6.98. The zero-order chi connectivity index (χ0) is 28.0. The minimum Gasteiger partial charge on any atom is -0.306 e. The molecule has 0 saturated heterocycles. The van der Waals surface area contributed by atoms with Crippen molar-refractivity contribution >= 4 is 20.9 Å². The molecule has 6 nitrogen and oxygen atoms in total. The third-order valence-corrected chi connectivity index (χ3v) is 7.43. The van der Waals surface area contributed by atoms with Crippen LogP contribution in [-0.2, 0) is 16.4 Å². The summed E-state index contributed by atoms with van der Waals surface area (Å²) in [7, 11) is -4.61. The lowest BCUT2D eigenvalue weighted by Gasteiger charge is -2.17. The molecule has 0 bridgehead atoms. The molecule has 0 aliphatic heterocycles. The Morgan fingerprint density at radius 3 is 2.32 bits per heavy atom. The molecule has 198 valence electrons. The van der Waals surface area contributed by atoms with Gasteiger partial charge < -0.3 is 4.57 Å². The van der Waals surface area contributed by atoms with Crippen molar-refractivity contribution in [3.8, 4) is 23.1 Å². The maximum atomic E-state index is 14.7. The van der Waals surface area contributed by atoms with Crippen LogP contribution in [0.2, 0.25) is 0 Å². The number of sulfonamides is 1. The fourth-order valence-electron chi connectivity index (χ4n) is 3.92. The molecule has 0 radical (unpaired) electrons. The Balaban J connectivity index is 1.95. The van der Waals surface area contributed by atoms with Crippen LogP contribution in [0.15, 0.2) is 53.6 Å². The number of pyridine rings is 1. The number of nitrogens with zero attached hydrogens (tertiary/aromatic N) is 3. The van der Waals surface area contributed by atoms with Crippen molar-refractivity contribution in [3.05, 3.63) is 77.2 Å². The molecule has 2 aromatic heterocycles. The lowest BCUT2D eigenvalue weighted by molar-refractivity contribution is -0.147. The number of aromatic nitrogens is 2. The molecule has 0 spiro atoms. The zero-order valence-electron chi connectivity index (χ0n) is 19.7. The molecule has 0 saturated carbocycles. The minimum absolute atomic E-state index is 0.0155. The fourth-order valence-corrected chi connectivity index (χ4v) is 5.09. The highest BCUT2D eigenvalue weighted by Gasteiger charge is 2.39. The molecule has 38 heavy (non-hydrogen) atoms. The van der Waals surface area contributed by atoms with Crippen molar-refractivity contribution < 1.29 is 34.8 Å². The first-order chi connectivity index (χ1) is 17.8. The number of nitriles is 1. The molecule has 4 aromatic rings. The van der Waals surface area contributed by atoms with Crippen LogP contribution >= 0.6 is 0 Å². The largest absolute Gasteiger partial charge is 0.404 e. The number of aryl methyl sites for hydroxylation is 1. The third-order valence-electron chi connectivity index (χ3n) is 5.90. The molecule has 13 heteroatoms. The van der Waals surface area contributed by atoms with Gasteiger partial charge in [-0.15, -0.1) is 0 Å². The van der Waals surface area contributed by atoms with Crippen molar-refractivity contribution in [2.75, 3.05) is 0 Å². The maximum Gasteiger partial charge on any atom is 0.404 e. The Bertz CT molecular complexity index is 1690. The molecule has 1 N–H and O–H groups in total. The van der Waals surface area contributed by atoms with Crippen LogP contribution in [0.25, 0.3) is 28.0 Å². The monoisotopic (exact) mass is 552 g/mol. The van der Waals surface area contributed by atoms with Crippen LogP contribution in [-0.4, -0.2) is 30.2 Å². The van der Waals surface area contributed by atoms with Crippen LogP contribution in [0, 0.1) is 28.8 Å². The summed E-state index contributed by atoms with van der Waals surface area (Å²) in [6, 6.07) is 7.29. The first-order valence-corrected chi connectivity index (χ1v) is 12.5. The van der Waals surface area contributed by atoms with E-state index in [9.17, 15) is 40.0 Å². The van der Waals surface area contributed by atoms with Gasteiger partial charge in [0.2, 0.25) is 10.0 Å². The van der Waals surface area contributed by atoms with Crippen LogP contribution in [0.4, 0.5) is 26.3 Å². The molecule has 0 aliphatic carbocycles. The summed E-state index contributed by atoms with van der Waals surface area (Å²) in [5.74, 6) is -2.91. The number of fused-ring (bicyclic) bond motifs is 1. The fraction of sp³-hybridized carbons (Fsp3) is 0.200. The number of nitrogens with one attached hydrogen (secondary N) is 1. The standard InChI is InChI=1S/C25H18F6N4O2S/c1-3-14-8-23-17(10-20(14)27)18(11-32)24(35(23)15-4-6-19(26)21(28)9-15)22-7-5-16(12-33-22)38(36,37)34-13(2)25(29,30)31/h4-10,12-13,34H,3H2,1-2H3. The predicted molar refractivity (Wildman–Crippen MR) is 126 cm³/mol. The van der Waals surface area contributed by atoms with Crippen LogP contribution in [0.1, 0.15) is 25.0 Å². The molecule has 2 aromatic carbocycles. The second kappa shape index (κ2) is 9.77. The van der Waals surface area contributed by atoms with Gasteiger partial charge in [0.1, 0.15) is 22.8 Å². The molecule has 1 atom stereocenters. The molecular weight excluding hydrogens is 534 g/mol. The number of alkyl halides is 3. The summed E-state index contributed by atoms with van der Waals surface area (Å²) < 4.78 is 109. The SMILES string of the molecule is CCc1cc2c(cc1F)c(C#N)c(-c1ccc(S(=O)(=O)NC(C)C(F)(F)F)cn1)n2-c1ccc(F)c(F)c1. The van der Waals surface area contributed by atoms with Gasteiger partial charge in [0.15, 0.2) is 11.6 Å². The average molecular weight is 553 g/mol. The van der Waals surface area contributed by atoms with Crippen molar-refractivity contribution in [1.82, 2.24) is 14.3 Å². The minimum atomic E-state index is -4.82. The van der Waals surface area contributed by atoms with Crippen molar-refractivity contribution in [1.29, 1.82) is 5.26 Å². The van der Waals surface area contributed by atoms with E-state index in [1.165, 1.54) is 21.4 Å². The maximum absolute atomic E-state index is 14.7. The van der Waals surface area contributed by atoms with Gasteiger partial charge in [-0.2, -0.15) is 23.2 Å². The van der Waals surface area contributed by atoms with Crippen LogP contribution in [0.5, 0.6) is 0 Å². The highest BCUT2D eigenvalue weighted by atomic mass is 32.2. The summed E-state index contributed by atoms with van der Waals surface area (Å²) in [5, 5.41) is 10.1. The number of hydrogen-bond donors (Lipinski definition) is 1. The first-order valence-electron chi connectivity index (χ1n) is 11.1. The summed E-state index contributed by atoms with van der Waals surface area (Å²) in [6.45, 7) is 2.35. The highest BCUT2D eigenvalue weighted by molar-refractivity contribution is 7.89. The number of benzene rings is 2. The molecule has 0 aliphatic rings. The second-order valence-corrected chi connectivity index (χ2v) is 10.1. The van der Waals surface area contributed by atoms with Gasteiger partial charge in [0.05, 0.1) is 22.5 Å². The normalized spacial score (nSPS) is 13.0. The van der Waals surface area contributed by atoms with E-state index in [0.717, 1.165) is 36.5 Å². The average Bonchev–Trinajstić information content (AvgIpc) is 3.17. The smallest absolute Gasteiger partial charge is 0.306 e. The quantitative estimate of drug-likeness (QED) is 0.308. The summed E-state index contributed by atoms with van der Waals surface area (Å²) in [4.78, 5) is 3.47.